The average Bonchev–Trinajstić information content (AvgIpc) is 2.78. The van der Waals surface area contributed by atoms with Gasteiger partial charge in [0.05, 0.1) is 45.8 Å². The molecule has 30 heavy (non-hydrogen) atoms. The van der Waals surface area contributed by atoms with Gasteiger partial charge in [-0.3, -0.25) is 0 Å². The van der Waals surface area contributed by atoms with Crippen molar-refractivity contribution in [2.24, 2.45) is 0 Å². The minimum atomic E-state index is -0.883. The van der Waals surface area contributed by atoms with E-state index in [2.05, 4.69) is 10.6 Å². The standard InChI is InChI=1S/C21H22N2O7/c1-27-13-7-5-11(6-8-13)17-16(20(25)30-4)18(23-21(26)22-17)12-9-14(28-2)19(24)15(10-12)29-3/h5-10,18,24H,1-4H3,(H2,22,23,26). The molecule has 0 bridgehead atoms. The molecule has 0 fully saturated rings. The lowest BCUT2D eigenvalue weighted by atomic mass is 9.92. The molecule has 0 saturated heterocycles. The van der Waals surface area contributed by atoms with Crippen molar-refractivity contribution >= 4 is 17.7 Å². The van der Waals surface area contributed by atoms with Gasteiger partial charge in [0.1, 0.15) is 5.75 Å². The number of benzene rings is 2. The van der Waals surface area contributed by atoms with Crippen LogP contribution in [0.15, 0.2) is 42.0 Å². The number of hydrogen-bond donors (Lipinski definition) is 3. The predicted molar refractivity (Wildman–Crippen MR) is 108 cm³/mol. The Morgan fingerprint density at radius 2 is 1.57 bits per heavy atom. The Bertz CT molecular complexity index is 974. The number of amides is 2. The van der Waals surface area contributed by atoms with E-state index in [0.29, 0.717) is 22.6 Å². The second kappa shape index (κ2) is 8.64. The molecule has 2 aromatic rings. The van der Waals surface area contributed by atoms with Crippen molar-refractivity contribution in [1.82, 2.24) is 10.6 Å². The molecule has 0 saturated carbocycles. The Morgan fingerprint density at radius 1 is 0.967 bits per heavy atom. The highest BCUT2D eigenvalue weighted by molar-refractivity contribution is 6.04. The fourth-order valence-corrected chi connectivity index (χ4v) is 3.21. The molecule has 158 valence electrons. The Kier molecular flexibility index (Phi) is 6.01. The Morgan fingerprint density at radius 3 is 2.07 bits per heavy atom. The number of nitrogens with one attached hydrogen (secondary N) is 2. The second-order valence-electron chi connectivity index (χ2n) is 6.31. The summed E-state index contributed by atoms with van der Waals surface area (Å²) in [5, 5.41) is 15.6. The van der Waals surface area contributed by atoms with E-state index in [1.165, 1.54) is 33.5 Å². The fourth-order valence-electron chi connectivity index (χ4n) is 3.21. The van der Waals surface area contributed by atoms with Gasteiger partial charge in [0, 0.05) is 0 Å². The van der Waals surface area contributed by atoms with E-state index in [4.69, 9.17) is 18.9 Å². The Hall–Kier alpha value is -3.88. The number of phenolic OH excluding ortho intramolecular Hbond substituents is 1. The largest absolute Gasteiger partial charge is 0.502 e. The van der Waals surface area contributed by atoms with Gasteiger partial charge >= 0.3 is 12.0 Å². The molecule has 2 amide bonds. The molecule has 1 unspecified atom stereocenters. The topological polar surface area (TPSA) is 115 Å². The highest BCUT2D eigenvalue weighted by atomic mass is 16.5. The van der Waals surface area contributed by atoms with Crippen LogP contribution in [0, 0.1) is 0 Å². The summed E-state index contributed by atoms with van der Waals surface area (Å²) in [4.78, 5) is 25.2. The zero-order valence-electron chi connectivity index (χ0n) is 16.9. The molecule has 0 radical (unpaired) electrons. The molecule has 1 heterocycles. The predicted octanol–water partition coefficient (Wildman–Crippen LogP) is 2.36. The average molecular weight is 414 g/mol. The van der Waals surface area contributed by atoms with Gasteiger partial charge < -0.3 is 34.7 Å². The van der Waals surface area contributed by atoms with Crippen molar-refractivity contribution in [1.29, 1.82) is 0 Å². The molecule has 0 aromatic heterocycles. The van der Waals surface area contributed by atoms with Crippen LogP contribution < -0.4 is 24.8 Å². The quantitative estimate of drug-likeness (QED) is 0.622. The van der Waals surface area contributed by atoms with E-state index in [-0.39, 0.29) is 22.8 Å². The number of carbonyl (C=O) groups is 2. The number of phenols is 1. The number of esters is 1. The van der Waals surface area contributed by atoms with Gasteiger partial charge in [-0.05, 0) is 47.5 Å². The van der Waals surface area contributed by atoms with Gasteiger partial charge in [-0.2, -0.15) is 0 Å². The monoisotopic (exact) mass is 414 g/mol. The van der Waals surface area contributed by atoms with Crippen LogP contribution in [0.3, 0.4) is 0 Å². The van der Waals surface area contributed by atoms with Crippen molar-refractivity contribution in [3.05, 3.63) is 53.1 Å². The minimum Gasteiger partial charge on any atom is -0.502 e. The Balaban J connectivity index is 2.22. The third-order valence-electron chi connectivity index (χ3n) is 4.69. The molecule has 1 aliphatic heterocycles. The summed E-state index contributed by atoms with van der Waals surface area (Å²) >= 11 is 0. The molecule has 9 nitrogen and oxygen atoms in total. The summed E-state index contributed by atoms with van der Waals surface area (Å²) in [6.45, 7) is 0. The number of rotatable bonds is 6. The number of methoxy groups -OCH3 is 4. The molecule has 2 aromatic carbocycles. The van der Waals surface area contributed by atoms with Crippen molar-refractivity contribution in [2.45, 2.75) is 6.04 Å². The maximum atomic E-state index is 12.7. The highest BCUT2D eigenvalue weighted by Gasteiger charge is 2.35. The second-order valence-corrected chi connectivity index (χ2v) is 6.31. The summed E-state index contributed by atoms with van der Waals surface area (Å²) in [5.74, 6) is 0.0655. The van der Waals surface area contributed by atoms with E-state index in [1.54, 1.807) is 31.4 Å². The molecule has 1 aliphatic rings. The van der Waals surface area contributed by atoms with Crippen molar-refractivity contribution in [2.75, 3.05) is 28.4 Å². The minimum absolute atomic E-state index is 0.132. The fraction of sp³-hybridized carbons (Fsp3) is 0.238. The van der Waals surface area contributed by atoms with Crippen LogP contribution in [0.25, 0.3) is 5.70 Å². The summed E-state index contributed by atoms with van der Waals surface area (Å²) in [5.41, 5.74) is 1.53. The van der Waals surface area contributed by atoms with Gasteiger partial charge in [0.15, 0.2) is 11.5 Å². The molecule has 0 spiro atoms. The van der Waals surface area contributed by atoms with Crippen LogP contribution in [-0.2, 0) is 9.53 Å². The maximum absolute atomic E-state index is 12.7. The van der Waals surface area contributed by atoms with Gasteiger partial charge in [-0.15, -0.1) is 0 Å². The van der Waals surface area contributed by atoms with E-state index < -0.39 is 18.0 Å². The van der Waals surface area contributed by atoms with Crippen LogP contribution >= 0.6 is 0 Å². The molecule has 3 N–H and O–H groups in total. The lowest BCUT2D eigenvalue weighted by Gasteiger charge is -2.29. The van der Waals surface area contributed by atoms with Crippen LogP contribution in [0.1, 0.15) is 17.2 Å². The Labute approximate surface area is 173 Å². The smallest absolute Gasteiger partial charge is 0.338 e. The van der Waals surface area contributed by atoms with E-state index in [1.807, 2.05) is 0 Å². The summed E-state index contributed by atoms with van der Waals surface area (Å²) in [7, 11) is 5.58. The SMILES string of the molecule is COC(=O)C1=C(c2ccc(OC)cc2)NC(=O)NC1c1cc(OC)c(O)c(OC)c1. The van der Waals surface area contributed by atoms with Crippen LogP contribution in [-0.4, -0.2) is 45.5 Å². The lowest BCUT2D eigenvalue weighted by molar-refractivity contribution is -0.136. The van der Waals surface area contributed by atoms with Crippen LogP contribution in [0.4, 0.5) is 4.79 Å². The third kappa shape index (κ3) is 3.82. The van der Waals surface area contributed by atoms with E-state index in [9.17, 15) is 14.7 Å². The van der Waals surface area contributed by atoms with Gasteiger partial charge in [-0.1, -0.05) is 0 Å². The van der Waals surface area contributed by atoms with E-state index >= 15 is 0 Å². The molecular formula is C21H22N2O7. The molecule has 0 aliphatic carbocycles. The van der Waals surface area contributed by atoms with Crippen LogP contribution in [0.5, 0.6) is 23.0 Å². The number of ether oxygens (including phenoxy) is 4. The van der Waals surface area contributed by atoms with Crippen molar-refractivity contribution in [3.8, 4) is 23.0 Å². The third-order valence-corrected chi connectivity index (χ3v) is 4.69. The molecule has 1 atom stereocenters. The van der Waals surface area contributed by atoms with Crippen molar-refractivity contribution < 1.29 is 33.6 Å². The first-order chi connectivity index (χ1) is 14.4. The summed E-state index contributed by atoms with van der Waals surface area (Å²) < 4.78 is 20.6. The van der Waals surface area contributed by atoms with Gasteiger partial charge in [0.25, 0.3) is 0 Å². The molecule has 3 rings (SSSR count). The first kappa shape index (κ1) is 20.8. The van der Waals surface area contributed by atoms with Crippen molar-refractivity contribution in [3.63, 3.8) is 0 Å². The van der Waals surface area contributed by atoms with E-state index in [0.717, 1.165) is 0 Å². The maximum Gasteiger partial charge on any atom is 0.338 e. The van der Waals surface area contributed by atoms with Crippen LogP contribution in [0.2, 0.25) is 0 Å². The highest BCUT2D eigenvalue weighted by Crippen LogP contribution is 2.41. The van der Waals surface area contributed by atoms with Gasteiger partial charge in [0.2, 0.25) is 5.75 Å². The van der Waals surface area contributed by atoms with Gasteiger partial charge in [-0.25, -0.2) is 9.59 Å². The number of carbonyl (C=O) groups excluding carboxylic acids is 2. The summed E-state index contributed by atoms with van der Waals surface area (Å²) in [6.07, 6.45) is 0. The number of urea groups is 1. The summed E-state index contributed by atoms with van der Waals surface area (Å²) in [6, 6.07) is 8.51. The normalized spacial score (nSPS) is 15.7. The molecule has 9 heteroatoms. The zero-order valence-corrected chi connectivity index (χ0v) is 16.9. The number of aromatic hydroxyl groups is 1. The first-order valence-corrected chi connectivity index (χ1v) is 8.92. The lowest BCUT2D eigenvalue weighted by Crippen LogP contribution is -2.45. The zero-order chi connectivity index (χ0) is 21.8. The number of hydrogen-bond acceptors (Lipinski definition) is 7. The molecular weight excluding hydrogens is 392 g/mol. The first-order valence-electron chi connectivity index (χ1n) is 8.92.